The standard InChI is InChI=1S/C25H31N5O4S/c1-15(2)23-16(3)27-25(26)28-24(23)30-10-11-34-21-8-6-17(12-19(21)14-30)18-7-9-22(33-4)20(13-18)29-35(5,31)32/h6-9,12-13,15,29H,10-11,14H2,1-5H3,(H2,26,27,28). The zero-order valence-electron chi connectivity index (χ0n) is 20.6. The molecule has 3 N–H and O–H groups in total. The first-order chi connectivity index (χ1) is 16.6. The summed E-state index contributed by atoms with van der Waals surface area (Å²) in [5, 5.41) is 0. The molecule has 1 aliphatic rings. The number of ether oxygens (including phenoxy) is 2. The van der Waals surface area contributed by atoms with Crippen LogP contribution in [0.4, 0.5) is 17.5 Å². The van der Waals surface area contributed by atoms with Crippen molar-refractivity contribution in [2.45, 2.75) is 33.2 Å². The van der Waals surface area contributed by atoms with Crippen LogP contribution < -0.4 is 24.8 Å². The lowest BCUT2D eigenvalue weighted by molar-refractivity contribution is 0.331. The topological polar surface area (TPSA) is 120 Å². The first-order valence-electron chi connectivity index (χ1n) is 11.4. The molecule has 0 fully saturated rings. The molecule has 0 atom stereocenters. The van der Waals surface area contributed by atoms with Crippen molar-refractivity contribution in [2.75, 3.05) is 41.9 Å². The Morgan fingerprint density at radius 3 is 2.54 bits per heavy atom. The van der Waals surface area contributed by atoms with Gasteiger partial charge in [0.05, 0.1) is 25.6 Å². The van der Waals surface area contributed by atoms with Crippen LogP contribution in [0.3, 0.4) is 0 Å². The number of nitrogens with two attached hydrogens (primary N) is 1. The van der Waals surface area contributed by atoms with Crippen molar-refractivity contribution < 1.29 is 17.9 Å². The molecule has 1 aromatic heterocycles. The second kappa shape index (κ2) is 9.61. The molecule has 0 amide bonds. The minimum atomic E-state index is -3.46. The van der Waals surface area contributed by atoms with E-state index in [1.807, 2.05) is 25.1 Å². The SMILES string of the molecule is COc1ccc(-c2ccc3c(c2)CN(c2nc(N)nc(C)c2C(C)C)CCO3)cc1NS(C)(=O)=O. The number of anilines is 3. The summed E-state index contributed by atoms with van der Waals surface area (Å²) in [6, 6.07) is 11.4. The molecule has 2 heterocycles. The van der Waals surface area contributed by atoms with E-state index in [1.165, 1.54) is 7.11 Å². The first kappa shape index (κ1) is 24.6. The van der Waals surface area contributed by atoms with Crippen LogP contribution >= 0.6 is 0 Å². The summed E-state index contributed by atoms with van der Waals surface area (Å²) in [5.74, 6) is 2.58. The van der Waals surface area contributed by atoms with Crippen LogP contribution in [0.25, 0.3) is 11.1 Å². The molecule has 0 bridgehead atoms. The molecule has 9 nitrogen and oxygen atoms in total. The van der Waals surface area contributed by atoms with E-state index < -0.39 is 10.0 Å². The number of sulfonamides is 1. The van der Waals surface area contributed by atoms with Gasteiger partial charge in [-0.2, -0.15) is 4.98 Å². The number of rotatable bonds is 6. The van der Waals surface area contributed by atoms with Gasteiger partial charge in [-0.3, -0.25) is 4.72 Å². The lowest BCUT2D eigenvalue weighted by Gasteiger charge is -2.26. The fourth-order valence-corrected chi connectivity index (χ4v) is 4.99. The van der Waals surface area contributed by atoms with Gasteiger partial charge in [0, 0.05) is 23.4 Å². The molecular formula is C25H31N5O4S. The van der Waals surface area contributed by atoms with E-state index in [4.69, 9.17) is 15.2 Å². The molecule has 0 saturated carbocycles. The highest BCUT2D eigenvalue weighted by atomic mass is 32.2. The maximum Gasteiger partial charge on any atom is 0.229 e. The van der Waals surface area contributed by atoms with Gasteiger partial charge in [0.25, 0.3) is 0 Å². The van der Waals surface area contributed by atoms with Crippen molar-refractivity contribution in [1.82, 2.24) is 9.97 Å². The van der Waals surface area contributed by atoms with E-state index >= 15 is 0 Å². The molecule has 2 aromatic carbocycles. The van der Waals surface area contributed by atoms with E-state index in [0.29, 0.717) is 31.1 Å². The zero-order chi connectivity index (χ0) is 25.3. The van der Waals surface area contributed by atoms with Crippen molar-refractivity contribution in [3.05, 3.63) is 53.2 Å². The highest BCUT2D eigenvalue weighted by molar-refractivity contribution is 7.92. The number of nitrogens with one attached hydrogen (secondary N) is 1. The van der Waals surface area contributed by atoms with Gasteiger partial charge >= 0.3 is 0 Å². The van der Waals surface area contributed by atoms with Gasteiger partial charge in [-0.25, -0.2) is 13.4 Å². The monoisotopic (exact) mass is 497 g/mol. The highest BCUT2D eigenvalue weighted by Gasteiger charge is 2.23. The summed E-state index contributed by atoms with van der Waals surface area (Å²) < 4.78 is 37.6. The number of hydrogen-bond donors (Lipinski definition) is 2. The predicted molar refractivity (Wildman–Crippen MR) is 139 cm³/mol. The average molecular weight is 498 g/mol. The van der Waals surface area contributed by atoms with E-state index in [1.54, 1.807) is 12.1 Å². The normalized spacial score (nSPS) is 13.7. The maximum atomic E-state index is 11.8. The second-order valence-corrected chi connectivity index (χ2v) is 10.7. The van der Waals surface area contributed by atoms with E-state index in [-0.39, 0.29) is 11.9 Å². The summed E-state index contributed by atoms with van der Waals surface area (Å²) in [7, 11) is -1.96. The fourth-order valence-electron chi connectivity index (χ4n) is 4.43. The Labute approximate surface area is 206 Å². The Balaban J connectivity index is 1.73. The summed E-state index contributed by atoms with van der Waals surface area (Å²) in [6.45, 7) is 7.96. The van der Waals surface area contributed by atoms with Gasteiger partial charge in [-0.15, -0.1) is 0 Å². The van der Waals surface area contributed by atoms with Crippen LogP contribution in [0.2, 0.25) is 0 Å². The van der Waals surface area contributed by atoms with Crippen molar-refractivity contribution >= 4 is 27.5 Å². The molecule has 0 aliphatic carbocycles. The molecule has 186 valence electrons. The summed E-state index contributed by atoms with van der Waals surface area (Å²) >= 11 is 0. The number of hydrogen-bond acceptors (Lipinski definition) is 8. The van der Waals surface area contributed by atoms with Crippen LogP contribution in [0.1, 0.15) is 36.6 Å². The summed E-state index contributed by atoms with van der Waals surface area (Å²) in [4.78, 5) is 11.1. The molecular weight excluding hydrogens is 466 g/mol. The number of benzene rings is 2. The van der Waals surface area contributed by atoms with Crippen LogP contribution in [-0.2, 0) is 16.6 Å². The third-order valence-corrected chi connectivity index (χ3v) is 6.47. The molecule has 0 unspecified atom stereocenters. The van der Waals surface area contributed by atoms with Crippen molar-refractivity contribution in [3.63, 3.8) is 0 Å². The summed E-state index contributed by atoms with van der Waals surface area (Å²) in [5.41, 5.74) is 11.1. The number of aromatic nitrogens is 2. The van der Waals surface area contributed by atoms with Crippen molar-refractivity contribution in [1.29, 1.82) is 0 Å². The van der Waals surface area contributed by atoms with Crippen molar-refractivity contribution in [3.8, 4) is 22.6 Å². The van der Waals surface area contributed by atoms with E-state index in [2.05, 4.69) is 39.5 Å². The van der Waals surface area contributed by atoms with Gasteiger partial charge in [-0.05, 0) is 48.2 Å². The second-order valence-electron chi connectivity index (χ2n) is 8.94. The number of methoxy groups -OCH3 is 1. The third-order valence-electron chi connectivity index (χ3n) is 5.88. The lowest BCUT2D eigenvalue weighted by Crippen LogP contribution is -2.28. The van der Waals surface area contributed by atoms with E-state index in [9.17, 15) is 8.42 Å². The minimum absolute atomic E-state index is 0.237. The molecule has 0 radical (unpaired) electrons. The van der Waals surface area contributed by atoms with Crippen molar-refractivity contribution in [2.24, 2.45) is 0 Å². The first-order valence-corrected chi connectivity index (χ1v) is 13.3. The van der Waals surface area contributed by atoms with Gasteiger partial charge in [0.2, 0.25) is 16.0 Å². The highest BCUT2D eigenvalue weighted by Crippen LogP contribution is 2.36. The molecule has 1 aliphatic heterocycles. The van der Waals surface area contributed by atoms with Crippen LogP contribution in [0.15, 0.2) is 36.4 Å². The predicted octanol–water partition coefficient (Wildman–Crippen LogP) is 3.94. The van der Waals surface area contributed by atoms with Gasteiger partial charge < -0.3 is 20.1 Å². The zero-order valence-corrected chi connectivity index (χ0v) is 21.4. The average Bonchev–Trinajstić information content (AvgIpc) is 2.99. The molecule has 35 heavy (non-hydrogen) atoms. The van der Waals surface area contributed by atoms with E-state index in [0.717, 1.165) is 45.8 Å². The number of aryl methyl sites for hydroxylation is 1. The largest absolute Gasteiger partial charge is 0.495 e. The van der Waals surface area contributed by atoms with Crippen LogP contribution in [0.5, 0.6) is 11.5 Å². The molecule has 4 rings (SSSR count). The molecule has 0 saturated heterocycles. The fraction of sp³-hybridized carbons (Fsp3) is 0.360. The summed E-state index contributed by atoms with van der Waals surface area (Å²) in [6.07, 6.45) is 1.11. The number of fused-ring (bicyclic) bond motifs is 1. The lowest BCUT2D eigenvalue weighted by atomic mass is 10.00. The Morgan fingerprint density at radius 1 is 1.14 bits per heavy atom. The smallest absolute Gasteiger partial charge is 0.229 e. The molecule has 10 heteroatoms. The van der Waals surface area contributed by atoms with Gasteiger partial charge in [-0.1, -0.05) is 26.0 Å². The van der Waals surface area contributed by atoms with Gasteiger partial charge in [0.1, 0.15) is 23.9 Å². The Hall–Kier alpha value is -3.53. The Bertz CT molecular complexity index is 1360. The maximum absolute atomic E-state index is 11.8. The minimum Gasteiger partial charge on any atom is -0.495 e. The quantitative estimate of drug-likeness (QED) is 0.526. The number of nitrogens with zero attached hydrogens (tertiary/aromatic N) is 3. The molecule has 0 spiro atoms. The Morgan fingerprint density at radius 2 is 1.86 bits per heavy atom. The van der Waals surface area contributed by atoms with Crippen LogP contribution in [0, 0.1) is 6.92 Å². The number of nitrogen functional groups attached to an aromatic ring is 1. The van der Waals surface area contributed by atoms with Gasteiger partial charge in [0.15, 0.2) is 0 Å². The molecule has 3 aromatic rings. The third kappa shape index (κ3) is 5.43. The van der Waals surface area contributed by atoms with Crippen LogP contribution in [-0.4, -0.2) is 44.9 Å². The Kier molecular flexibility index (Phi) is 6.75.